The molecule has 17 heavy (non-hydrogen) atoms. The molecule has 1 rings (SSSR count). The fourth-order valence-corrected chi connectivity index (χ4v) is 2.24. The molecule has 1 aromatic rings. The number of carbonyl (C=O) groups excluding carboxylic acids is 1. The number of carbonyl (C=O) groups is 1. The zero-order valence-electron chi connectivity index (χ0n) is 10.4. The van der Waals surface area contributed by atoms with Crippen molar-refractivity contribution in [3.05, 3.63) is 24.3 Å². The van der Waals surface area contributed by atoms with Crippen molar-refractivity contribution in [2.24, 2.45) is 5.92 Å². The summed E-state index contributed by atoms with van der Waals surface area (Å²) in [6, 6.07) is 7.19. The van der Waals surface area contributed by atoms with Crippen LogP contribution in [0.25, 0.3) is 0 Å². The highest BCUT2D eigenvalue weighted by Gasteiger charge is 2.02. The molecule has 3 N–H and O–H groups in total. The zero-order valence-corrected chi connectivity index (χ0v) is 11.2. The van der Waals surface area contributed by atoms with Gasteiger partial charge in [0.1, 0.15) is 0 Å². The molecule has 0 aliphatic carbocycles. The van der Waals surface area contributed by atoms with Crippen LogP contribution in [0.3, 0.4) is 0 Å². The summed E-state index contributed by atoms with van der Waals surface area (Å²) in [5.41, 5.74) is 7.08. The lowest BCUT2D eigenvalue weighted by molar-refractivity contribution is -0.115. The van der Waals surface area contributed by atoms with E-state index in [4.69, 9.17) is 5.73 Å². The monoisotopic (exact) mass is 252 g/mol. The van der Waals surface area contributed by atoms with E-state index in [1.54, 1.807) is 12.1 Å². The van der Waals surface area contributed by atoms with Crippen LogP contribution in [0.1, 0.15) is 20.3 Å². The predicted molar refractivity (Wildman–Crippen MR) is 76.3 cm³/mol. The number of benzene rings is 1. The van der Waals surface area contributed by atoms with E-state index in [2.05, 4.69) is 19.2 Å². The van der Waals surface area contributed by atoms with Crippen LogP contribution in [0.4, 0.5) is 11.4 Å². The van der Waals surface area contributed by atoms with E-state index >= 15 is 0 Å². The van der Waals surface area contributed by atoms with Crippen LogP contribution < -0.4 is 11.1 Å². The van der Waals surface area contributed by atoms with E-state index < -0.39 is 0 Å². The molecule has 94 valence electrons. The standard InChI is InChI=1S/C13H20N2OS/c1-10(2)9-17-8-7-13(16)15-12-5-3-11(14)4-6-12/h3-6,10H,7-9,14H2,1-2H3,(H,15,16). The maximum atomic E-state index is 11.6. The largest absolute Gasteiger partial charge is 0.399 e. The highest BCUT2D eigenvalue weighted by Crippen LogP contribution is 2.12. The second kappa shape index (κ2) is 7.22. The molecule has 1 aromatic carbocycles. The molecule has 0 spiro atoms. The number of nitrogens with two attached hydrogens (primary N) is 1. The van der Waals surface area contributed by atoms with Gasteiger partial charge in [-0.3, -0.25) is 4.79 Å². The van der Waals surface area contributed by atoms with E-state index in [1.807, 2.05) is 23.9 Å². The van der Waals surface area contributed by atoms with Gasteiger partial charge in [0.2, 0.25) is 5.91 Å². The summed E-state index contributed by atoms with van der Waals surface area (Å²) in [5.74, 6) is 2.72. The molecule has 0 bridgehead atoms. The summed E-state index contributed by atoms with van der Waals surface area (Å²) in [6.45, 7) is 4.36. The molecule has 0 unspecified atom stereocenters. The zero-order chi connectivity index (χ0) is 12.7. The predicted octanol–water partition coefficient (Wildman–Crippen LogP) is 2.99. The van der Waals surface area contributed by atoms with Gasteiger partial charge in [0, 0.05) is 23.5 Å². The quantitative estimate of drug-likeness (QED) is 0.604. The first-order chi connectivity index (χ1) is 8.08. The molecule has 4 heteroatoms. The molecular formula is C13H20N2OS. The number of nitrogens with one attached hydrogen (secondary N) is 1. The number of nitrogen functional groups attached to an aromatic ring is 1. The molecule has 0 aliphatic rings. The molecule has 3 nitrogen and oxygen atoms in total. The summed E-state index contributed by atoms with van der Waals surface area (Å²) in [4.78, 5) is 11.6. The highest BCUT2D eigenvalue weighted by atomic mass is 32.2. The number of hydrogen-bond donors (Lipinski definition) is 2. The van der Waals surface area contributed by atoms with Crippen molar-refractivity contribution >= 4 is 29.0 Å². The molecule has 0 saturated heterocycles. The van der Waals surface area contributed by atoms with Crippen LogP contribution in [0.15, 0.2) is 24.3 Å². The molecule has 0 atom stereocenters. The summed E-state index contributed by atoms with van der Waals surface area (Å²) in [6.07, 6.45) is 0.557. The third kappa shape index (κ3) is 6.22. The Labute approximate surface area is 107 Å². The van der Waals surface area contributed by atoms with Crippen LogP contribution in [0.2, 0.25) is 0 Å². The summed E-state index contributed by atoms with van der Waals surface area (Å²) < 4.78 is 0. The van der Waals surface area contributed by atoms with E-state index in [0.29, 0.717) is 18.0 Å². The lowest BCUT2D eigenvalue weighted by Gasteiger charge is -2.06. The topological polar surface area (TPSA) is 55.1 Å². The van der Waals surface area contributed by atoms with Gasteiger partial charge in [-0.25, -0.2) is 0 Å². The van der Waals surface area contributed by atoms with E-state index in [9.17, 15) is 4.79 Å². The molecule has 0 heterocycles. The SMILES string of the molecule is CC(C)CSCCC(=O)Nc1ccc(N)cc1. The highest BCUT2D eigenvalue weighted by molar-refractivity contribution is 7.99. The van der Waals surface area contributed by atoms with Crippen LogP contribution in [-0.4, -0.2) is 17.4 Å². The Morgan fingerprint density at radius 3 is 2.59 bits per heavy atom. The van der Waals surface area contributed by atoms with Crippen molar-refractivity contribution in [3.8, 4) is 0 Å². The normalized spacial score (nSPS) is 10.5. The Bertz CT molecular complexity index is 349. The van der Waals surface area contributed by atoms with Crippen LogP contribution in [0, 0.1) is 5.92 Å². The lowest BCUT2D eigenvalue weighted by Crippen LogP contribution is -2.12. The number of rotatable bonds is 6. The average Bonchev–Trinajstić information content (AvgIpc) is 2.27. The Morgan fingerprint density at radius 2 is 2.00 bits per heavy atom. The van der Waals surface area contributed by atoms with Gasteiger partial charge in [0.25, 0.3) is 0 Å². The van der Waals surface area contributed by atoms with Crippen molar-refractivity contribution in [3.63, 3.8) is 0 Å². The van der Waals surface area contributed by atoms with Gasteiger partial charge in [-0.2, -0.15) is 11.8 Å². The summed E-state index contributed by atoms with van der Waals surface area (Å²) in [7, 11) is 0. The van der Waals surface area contributed by atoms with Crippen molar-refractivity contribution < 1.29 is 4.79 Å². The average molecular weight is 252 g/mol. The van der Waals surface area contributed by atoms with Crippen LogP contribution in [0.5, 0.6) is 0 Å². The first kappa shape index (κ1) is 13.9. The number of anilines is 2. The van der Waals surface area contributed by atoms with Gasteiger partial charge in [0.15, 0.2) is 0 Å². The van der Waals surface area contributed by atoms with Gasteiger partial charge >= 0.3 is 0 Å². The third-order valence-electron chi connectivity index (χ3n) is 2.12. The maximum absolute atomic E-state index is 11.6. The van der Waals surface area contributed by atoms with Crippen molar-refractivity contribution in [2.75, 3.05) is 22.6 Å². The molecule has 0 radical (unpaired) electrons. The van der Waals surface area contributed by atoms with Gasteiger partial charge in [-0.05, 0) is 35.9 Å². The minimum Gasteiger partial charge on any atom is -0.399 e. The first-order valence-electron chi connectivity index (χ1n) is 5.81. The van der Waals surface area contributed by atoms with E-state index in [0.717, 1.165) is 17.2 Å². The van der Waals surface area contributed by atoms with E-state index in [-0.39, 0.29) is 5.91 Å². The fraction of sp³-hybridized carbons (Fsp3) is 0.462. The molecule has 0 saturated carbocycles. The Morgan fingerprint density at radius 1 is 1.35 bits per heavy atom. The second-order valence-corrected chi connectivity index (χ2v) is 5.54. The number of thioether (sulfide) groups is 1. The fourth-order valence-electron chi connectivity index (χ4n) is 1.27. The Hall–Kier alpha value is -1.16. The summed E-state index contributed by atoms with van der Waals surface area (Å²) >= 11 is 1.82. The third-order valence-corrected chi connectivity index (χ3v) is 3.51. The smallest absolute Gasteiger partial charge is 0.225 e. The van der Waals surface area contributed by atoms with Crippen molar-refractivity contribution in [1.29, 1.82) is 0 Å². The molecule has 0 aliphatic heterocycles. The second-order valence-electron chi connectivity index (χ2n) is 4.39. The summed E-state index contributed by atoms with van der Waals surface area (Å²) in [5, 5.41) is 2.85. The van der Waals surface area contributed by atoms with Crippen LogP contribution >= 0.6 is 11.8 Å². The molecular weight excluding hydrogens is 232 g/mol. The molecule has 1 amide bonds. The van der Waals surface area contributed by atoms with Gasteiger partial charge in [0.05, 0.1) is 0 Å². The minimum absolute atomic E-state index is 0.0611. The number of amides is 1. The van der Waals surface area contributed by atoms with Gasteiger partial charge in [-0.15, -0.1) is 0 Å². The van der Waals surface area contributed by atoms with Crippen molar-refractivity contribution in [1.82, 2.24) is 0 Å². The molecule has 0 aromatic heterocycles. The Balaban J connectivity index is 2.23. The first-order valence-corrected chi connectivity index (χ1v) is 6.96. The van der Waals surface area contributed by atoms with Gasteiger partial charge < -0.3 is 11.1 Å². The maximum Gasteiger partial charge on any atom is 0.225 e. The lowest BCUT2D eigenvalue weighted by atomic mass is 10.3. The molecule has 0 fully saturated rings. The number of hydrogen-bond acceptors (Lipinski definition) is 3. The van der Waals surface area contributed by atoms with Crippen LogP contribution in [-0.2, 0) is 4.79 Å². The van der Waals surface area contributed by atoms with E-state index in [1.165, 1.54) is 0 Å². The minimum atomic E-state index is 0.0611. The van der Waals surface area contributed by atoms with Crippen molar-refractivity contribution in [2.45, 2.75) is 20.3 Å². The Kier molecular flexibility index (Phi) is 5.91. The van der Waals surface area contributed by atoms with Gasteiger partial charge in [-0.1, -0.05) is 13.8 Å².